The van der Waals surface area contributed by atoms with Crippen LogP contribution in [0.25, 0.3) is 0 Å². The molecule has 0 aromatic heterocycles. The molecular formula is C13H16N2O6S. The van der Waals surface area contributed by atoms with Crippen LogP contribution in [0.5, 0.6) is 0 Å². The highest BCUT2D eigenvalue weighted by molar-refractivity contribution is 8.03. The Morgan fingerprint density at radius 1 is 1.32 bits per heavy atom. The number of thiocyanates is 1. The number of nitrogen functional groups attached to an aromatic ring is 1. The summed E-state index contributed by atoms with van der Waals surface area (Å²) in [5.41, 5.74) is 5.78. The lowest BCUT2D eigenvalue weighted by molar-refractivity contribution is -0.357. The van der Waals surface area contributed by atoms with Gasteiger partial charge in [-0.05, 0) is 30.0 Å². The average molecular weight is 328 g/mol. The number of nitrogens with two attached hydrogens (primary N) is 1. The van der Waals surface area contributed by atoms with Gasteiger partial charge in [0, 0.05) is 16.1 Å². The van der Waals surface area contributed by atoms with Crippen LogP contribution in [0.15, 0.2) is 23.1 Å². The Kier molecular flexibility index (Phi) is 4.93. The summed E-state index contributed by atoms with van der Waals surface area (Å²) in [5.74, 6) is -2.43. The van der Waals surface area contributed by atoms with E-state index < -0.39 is 36.8 Å². The number of benzene rings is 1. The Hall–Kier alpha value is -1.38. The third-order valence-corrected chi connectivity index (χ3v) is 4.12. The van der Waals surface area contributed by atoms with Crippen molar-refractivity contribution >= 4 is 17.4 Å². The Balaban J connectivity index is 2.48. The number of thioether (sulfide) groups is 1. The molecule has 1 saturated heterocycles. The fraction of sp³-hybridized carbons (Fsp3) is 0.462. The number of nitrogens with zero attached hydrogens (tertiary/aromatic N) is 1. The molecule has 8 nitrogen and oxygen atoms in total. The summed E-state index contributed by atoms with van der Waals surface area (Å²) in [6.07, 6.45) is -6.52. The van der Waals surface area contributed by atoms with Crippen LogP contribution in [-0.2, 0) is 10.5 Å². The number of hydrogen-bond acceptors (Lipinski definition) is 9. The van der Waals surface area contributed by atoms with Crippen molar-refractivity contribution in [3.63, 3.8) is 0 Å². The number of aliphatic hydroxyl groups is 5. The van der Waals surface area contributed by atoms with E-state index in [1.807, 2.05) is 5.40 Å². The predicted molar refractivity (Wildman–Crippen MR) is 76.2 cm³/mol. The summed E-state index contributed by atoms with van der Waals surface area (Å²) in [5, 5.41) is 60.0. The first-order chi connectivity index (χ1) is 10.3. The van der Waals surface area contributed by atoms with Gasteiger partial charge in [0.15, 0.2) is 0 Å². The van der Waals surface area contributed by atoms with E-state index in [-0.39, 0.29) is 11.3 Å². The molecule has 2 rings (SSSR count). The first-order valence-corrected chi connectivity index (χ1v) is 7.18. The maximum atomic E-state index is 10.6. The van der Waals surface area contributed by atoms with Crippen LogP contribution in [0.3, 0.4) is 0 Å². The van der Waals surface area contributed by atoms with Crippen molar-refractivity contribution in [2.45, 2.75) is 35.1 Å². The molecule has 1 heterocycles. The maximum absolute atomic E-state index is 10.6. The van der Waals surface area contributed by atoms with Gasteiger partial charge in [0.2, 0.25) is 5.79 Å². The zero-order chi connectivity index (χ0) is 16.5. The Morgan fingerprint density at radius 2 is 2.00 bits per heavy atom. The molecule has 0 amide bonds. The van der Waals surface area contributed by atoms with Crippen molar-refractivity contribution in [2.24, 2.45) is 0 Å². The molecule has 5 atom stereocenters. The lowest BCUT2D eigenvalue weighted by atomic mass is 9.87. The van der Waals surface area contributed by atoms with Crippen molar-refractivity contribution < 1.29 is 30.3 Å². The fourth-order valence-electron chi connectivity index (χ4n) is 2.34. The lowest BCUT2D eigenvalue weighted by Gasteiger charge is -2.45. The molecule has 1 aliphatic rings. The van der Waals surface area contributed by atoms with Gasteiger partial charge >= 0.3 is 0 Å². The summed E-state index contributed by atoms with van der Waals surface area (Å²) in [6, 6.07) is 4.29. The van der Waals surface area contributed by atoms with Crippen LogP contribution in [0.2, 0.25) is 0 Å². The van der Waals surface area contributed by atoms with E-state index in [9.17, 15) is 25.5 Å². The molecule has 9 heteroatoms. The number of rotatable bonds is 3. The largest absolute Gasteiger partial charge is 0.398 e. The molecule has 0 spiro atoms. The van der Waals surface area contributed by atoms with Crippen molar-refractivity contribution in [1.29, 1.82) is 5.26 Å². The summed E-state index contributed by atoms with van der Waals surface area (Å²) in [4.78, 5) is 0.442. The highest BCUT2D eigenvalue weighted by atomic mass is 32.2. The third-order valence-electron chi connectivity index (χ3n) is 3.54. The molecule has 0 radical (unpaired) electrons. The molecule has 120 valence electrons. The zero-order valence-electron chi connectivity index (χ0n) is 11.3. The van der Waals surface area contributed by atoms with E-state index in [0.717, 1.165) is 11.8 Å². The second kappa shape index (κ2) is 6.39. The van der Waals surface area contributed by atoms with Crippen molar-refractivity contribution in [2.75, 3.05) is 12.3 Å². The van der Waals surface area contributed by atoms with Gasteiger partial charge in [0.25, 0.3) is 0 Å². The van der Waals surface area contributed by atoms with E-state index in [1.165, 1.54) is 12.1 Å². The van der Waals surface area contributed by atoms with E-state index in [4.69, 9.17) is 15.7 Å². The minimum Gasteiger partial charge on any atom is -0.398 e. The number of anilines is 1. The number of hydrogen-bond donors (Lipinski definition) is 6. The van der Waals surface area contributed by atoms with Crippen molar-refractivity contribution in [3.8, 4) is 5.40 Å². The van der Waals surface area contributed by atoms with Gasteiger partial charge in [0.05, 0.1) is 6.61 Å². The van der Waals surface area contributed by atoms with Crippen molar-refractivity contribution in [1.82, 2.24) is 0 Å². The second-order valence-electron chi connectivity index (χ2n) is 4.90. The topological polar surface area (TPSA) is 160 Å². The molecule has 0 bridgehead atoms. The summed E-state index contributed by atoms with van der Waals surface area (Å²) >= 11 is 0.810. The second-order valence-corrected chi connectivity index (χ2v) is 5.76. The molecule has 1 aliphatic heterocycles. The average Bonchev–Trinajstić information content (AvgIpc) is 2.51. The number of nitriles is 1. The molecule has 1 aromatic rings. The van der Waals surface area contributed by atoms with Crippen LogP contribution < -0.4 is 5.73 Å². The Bertz CT molecular complexity index is 592. The number of aliphatic hydroxyl groups excluding tert-OH is 4. The Morgan fingerprint density at radius 3 is 2.59 bits per heavy atom. The highest BCUT2D eigenvalue weighted by Gasteiger charge is 2.54. The van der Waals surface area contributed by atoms with Gasteiger partial charge in [-0.15, -0.1) is 0 Å². The predicted octanol–water partition coefficient (Wildman–Crippen LogP) is -1.54. The van der Waals surface area contributed by atoms with Gasteiger partial charge in [-0.2, -0.15) is 5.26 Å². The molecule has 1 unspecified atom stereocenters. The van der Waals surface area contributed by atoms with Gasteiger partial charge in [-0.25, -0.2) is 0 Å². The van der Waals surface area contributed by atoms with E-state index >= 15 is 0 Å². The SMILES string of the molecule is N#CSc1ccc(N)c(C2(O)O[C@H](CO)[C@@H](O)[C@H](O)[C@H]2O)c1. The quantitative estimate of drug-likeness (QED) is 0.219. The smallest absolute Gasteiger partial charge is 0.224 e. The molecule has 22 heavy (non-hydrogen) atoms. The van der Waals surface area contributed by atoms with Crippen LogP contribution in [0.1, 0.15) is 5.56 Å². The van der Waals surface area contributed by atoms with Crippen LogP contribution in [0, 0.1) is 10.7 Å². The van der Waals surface area contributed by atoms with E-state index in [1.54, 1.807) is 6.07 Å². The minimum absolute atomic E-state index is 0.0594. The summed E-state index contributed by atoms with van der Waals surface area (Å²) in [7, 11) is 0. The zero-order valence-corrected chi connectivity index (χ0v) is 12.1. The first kappa shape index (κ1) is 17.0. The van der Waals surface area contributed by atoms with Gasteiger partial charge in [-0.1, -0.05) is 0 Å². The van der Waals surface area contributed by atoms with Gasteiger partial charge < -0.3 is 36.0 Å². The summed E-state index contributed by atoms with van der Waals surface area (Å²) < 4.78 is 5.19. The lowest BCUT2D eigenvalue weighted by Crippen LogP contribution is -2.63. The molecule has 1 aromatic carbocycles. The van der Waals surface area contributed by atoms with Crippen LogP contribution in [0.4, 0.5) is 5.69 Å². The highest BCUT2D eigenvalue weighted by Crippen LogP contribution is 2.40. The van der Waals surface area contributed by atoms with E-state index in [2.05, 4.69) is 0 Å². The van der Waals surface area contributed by atoms with Gasteiger partial charge in [-0.3, -0.25) is 0 Å². The Labute approximate surface area is 130 Å². The van der Waals surface area contributed by atoms with E-state index in [0.29, 0.717) is 4.90 Å². The standard InChI is InChI=1S/C13H16N2O6S/c14-5-22-6-1-2-8(15)7(3-6)13(20)12(19)11(18)10(17)9(4-16)21-13/h1-3,9-12,16-20H,4,15H2/t9-,10-,11+,12-,13?/m1/s1. The number of ether oxygens (including phenoxy) is 1. The molecule has 1 fully saturated rings. The molecule has 7 N–H and O–H groups in total. The normalized spacial score (nSPS) is 35.1. The van der Waals surface area contributed by atoms with Crippen LogP contribution in [-0.4, -0.2) is 56.6 Å². The third kappa shape index (κ3) is 2.78. The molecular weight excluding hydrogens is 312 g/mol. The van der Waals surface area contributed by atoms with Crippen LogP contribution >= 0.6 is 11.8 Å². The minimum atomic E-state index is -2.43. The first-order valence-electron chi connectivity index (χ1n) is 6.36. The molecule has 0 saturated carbocycles. The maximum Gasteiger partial charge on any atom is 0.224 e. The molecule has 0 aliphatic carbocycles. The monoisotopic (exact) mass is 328 g/mol. The summed E-state index contributed by atoms with van der Waals surface area (Å²) in [6.45, 7) is -0.681. The van der Waals surface area contributed by atoms with Crippen molar-refractivity contribution in [3.05, 3.63) is 23.8 Å². The fourth-order valence-corrected chi connectivity index (χ4v) is 2.76. The van der Waals surface area contributed by atoms with Gasteiger partial charge in [0.1, 0.15) is 29.8 Å².